The highest BCUT2D eigenvalue weighted by atomic mass is 79.9. The summed E-state index contributed by atoms with van der Waals surface area (Å²) in [6.45, 7) is 1.87. The van der Waals surface area contributed by atoms with Crippen molar-refractivity contribution in [2.24, 2.45) is 0 Å². The number of hydrogen-bond donors (Lipinski definition) is 0. The fourth-order valence-corrected chi connectivity index (χ4v) is 2.15. The Hall–Kier alpha value is -1.52. The van der Waals surface area contributed by atoms with Crippen LogP contribution in [0.25, 0.3) is 0 Å². The van der Waals surface area contributed by atoms with Gasteiger partial charge in [-0.25, -0.2) is 0 Å². The first-order valence-electron chi connectivity index (χ1n) is 6.87. The van der Waals surface area contributed by atoms with Crippen molar-refractivity contribution in [1.29, 1.82) is 0 Å². The lowest BCUT2D eigenvalue weighted by atomic mass is 10.2. The first-order valence-corrected chi connectivity index (χ1v) is 7.67. The topological polar surface area (TPSA) is 27.7 Å². The zero-order chi connectivity index (χ0) is 14.9. The molecule has 2 aromatic rings. The van der Waals surface area contributed by atoms with E-state index >= 15 is 0 Å². The lowest BCUT2D eigenvalue weighted by Crippen LogP contribution is -2.03. The predicted molar refractivity (Wildman–Crippen MR) is 86.9 cm³/mol. The van der Waals surface area contributed by atoms with E-state index in [1.165, 1.54) is 0 Å². The molecule has 112 valence electrons. The van der Waals surface area contributed by atoms with Gasteiger partial charge in [-0.2, -0.15) is 0 Å². The Morgan fingerprint density at radius 3 is 2.48 bits per heavy atom. The average molecular weight is 351 g/mol. The maximum atomic E-state index is 5.65. The maximum Gasteiger partial charge on any atom is 0.124 e. The summed E-state index contributed by atoms with van der Waals surface area (Å²) in [6.07, 6.45) is 0.852. The third-order valence-corrected chi connectivity index (χ3v) is 3.49. The van der Waals surface area contributed by atoms with Gasteiger partial charge in [0.1, 0.15) is 11.5 Å². The van der Waals surface area contributed by atoms with Crippen LogP contribution in [0.5, 0.6) is 11.5 Å². The van der Waals surface area contributed by atoms with Crippen LogP contribution in [-0.4, -0.2) is 20.3 Å². The van der Waals surface area contributed by atoms with Gasteiger partial charge in [0.2, 0.25) is 0 Å². The van der Waals surface area contributed by atoms with E-state index < -0.39 is 0 Å². The van der Waals surface area contributed by atoms with Crippen molar-refractivity contribution in [3.8, 4) is 11.5 Å². The van der Waals surface area contributed by atoms with Crippen molar-refractivity contribution >= 4 is 15.9 Å². The minimum atomic E-state index is 0.558. The SMILES string of the molecule is COc1ccccc1COCCCOc1ccc(Br)cc1. The molecule has 0 radical (unpaired) electrons. The third-order valence-electron chi connectivity index (χ3n) is 2.97. The first kappa shape index (κ1) is 15.9. The van der Waals surface area contributed by atoms with E-state index in [-0.39, 0.29) is 0 Å². The zero-order valence-electron chi connectivity index (χ0n) is 12.0. The summed E-state index contributed by atoms with van der Waals surface area (Å²) in [4.78, 5) is 0. The van der Waals surface area contributed by atoms with Crippen molar-refractivity contribution in [3.05, 3.63) is 58.6 Å². The molecule has 0 heterocycles. The van der Waals surface area contributed by atoms with Crippen LogP contribution in [0.1, 0.15) is 12.0 Å². The van der Waals surface area contributed by atoms with Gasteiger partial charge in [-0.15, -0.1) is 0 Å². The van der Waals surface area contributed by atoms with Crippen LogP contribution in [0.3, 0.4) is 0 Å². The van der Waals surface area contributed by atoms with Crippen molar-refractivity contribution in [2.75, 3.05) is 20.3 Å². The Bertz CT molecular complexity index is 540. The third kappa shape index (κ3) is 5.40. The second kappa shape index (κ2) is 8.70. The Morgan fingerprint density at radius 1 is 0.952 bits per heavy atom. The van der Waals surface area contributed by atoms with E-state index in [9.17, 15) is 0 Å². The summed E-state index contributed by atoms with van der Waals surface area (Å²) in [5.74, 6) is 1.74. The van der Waals surface area contributed by atoms with Crippen LogP contribution in [0.15, 0.2) is 53.0 Å². The molecule has 21 heavy (non-hydrogen) atoms. The van der Waals surface area contributed by atoms with Gasteiger partial charge >= 0.3 is 0 Å². The lowest BCUT2D eigenvalue weighted by Gasteiger charge is -2.09. The number of halogens is 1. The number of ether oxygens (including phenoxy) is 3. The van der Waals surface area contributed by atoms with Crippen LogP contribution in [0, 0.1) is 0 Å². The Kier molecular flexibility index (Phi) is 6.57. The van der Waals surface area contributed by atoms with Gasteiger partial charge in [-0.1, -0.05) is 34.1 Å². The minimum Gasteiger partial charge on any atom is -0.496 e. The van der Waals surface area contributed by atoms with E-state index in [0.717, 1.165) is 28.0 Å². The molecule has 0 saturated heterocycles. The molecule has 0 fully saturated rings. The molecule has 0 N–H and O–H groups in total. The van der Waals surface area contributed by atoms with E-state index in [1.54, 1.807) is 7.11 Å². The number of hydrogen-bond acceptors (Lipinski definition) is 3. The first-order chi connectivity index (χ1) is 10.3. The van der Waals surface area contributed by atoms with Crippen molar-refractivity contribution in [2.45, 2.75) is 13.0 Å². The van der Waals surface area contributed by atoms with E-state index in [4.69, 9.17) is 14.2 Å². The molecule has 2 aromatic carbocycles. The molecule has 0 aromatic heterocycles. The smallest absolute Gasteiger partial charge is 0.124 e. The number of benzene rings is 2. The van der Waals surface area contributed by atoms with Crippen LogP contribution >= 0.6 is 15.9 Å². The Morgan fingerprint density at radius 2 is 1.71 bits per heavy atom. The van der Waals surface area contributed by atoms with E-state index in [2.05, 4.69) is 15.9 Å². The van der Waals surface area contributed by atoms with Gasteiger partial charge in [0.15, 0.2) is 0 Å². The number of para-hydroxylation sites is 1. The van der Waals surface area contributed by atoms with Gasteiger partial charge in [-0.05, 0) is 30.3 Å². The molecule has 0 unspecified atom stereocenters. The Labute approximate surface area is 134 Å². The van der Waals surface area contributed by atoms with Gasteiger partial charge in [0.05, 0.1) is 26.9 Å². The zero-order valence-corrected chi connectivity index (χ0v) is 13.6. The molecule has 0 atom stereocenters. The largest absolute Gasteiger partial charge is 0.496 e. The van der Waals surface area contributed by atoms with E-state index in [1.807, 2.05) is 48.5 Å². The molecule has 0 aliphatic heterocycles. The van der Waals surface area contributed by atoms with E-state index in [0.29, 0.717) is 19.8 Å². The molecule has 0 aliphatic rings. The van der Waals surface area contributed by atoms with Gasteiger partial charge in [0.25, 0.3) is 0 Å². The van der Waals surface area contributed by atoms with Gasteiger partial charge < -0.3 is 14.2 Å². The number of rotatable bonds is 8. The summed E-state index contributed by atoms with van der Waals surface area (Å²) in [6, 6.07) is 15.7. The van der Waals surface area contributed by atoms with Crippen LogP contribution < -0.4 is 9.47 Å². The molecule has 0 saturated carbocycles. The molecule has 3 nitrogen and oxygen atoms in total. The monoisotopic (exact) mass is 350 g/mol. The quantitative estimate of drug-likeness (QED) is 0.658. The normalized spacial score (nSPS) is 10.4. The van der Waals surface area contributed by atoms with Crippen LogP contribution in [0.4, 0.5) is 0 Å². The highest BCUT2D eigenvalue weighted by Crippen LogP contribution is 2.18. The molecule has 2 rings (SSSR count). The molecule has 0 aliphatic carbocycles. The standard InChI is InChI=1S/C17H19BrO3/c1-19-17-6-3-2-5-14(17)13-20-11-4-12-21-16-9-7-15(18)8-10-16/h2-3,5-10H,4,11-13H2,1H3. The van der Waals surface area contributed by atoms with Crippen molar-refractivity contribution in [1.82, 2.24) is 0 Å². The second-order valence-electron chi connectivity index (χ2n) is 4.52. The predicted octanol–water partition coefficient (Wildman–Crippen LogP) is 4.44. The summed E-state index contributed by atoms with van der Waals surface area (Å²) >= 11 is 3.40. The Balaban J connectivity index is 1.63. The molecule has 0 spiro atoms. The highest BCUT2D eigenvalue weighted by molar-refractivity contribution is 9.10. The fourth-order valence-electron chi connectivity index (χ4n) is 1.89. The summed E-state index contributed by atoms with van der Waals surface area (Å²) < 4.78 is 17.6. The van der Waals surface area contributed by atoms with Crippen LogP contribution in [0.2, 0.25) is 0 Å². The summed E-state index contributed by atoms with van der Waals surface area (Å²) in [5, 5.41) is 0. The lowest BCUT2D eigenvalue weighted by molar-refractivity contribution is 0.105. The molecule has 0 amide bonds. The summed E-state index contributed by atoms with van der Waals surface area (Å²) in [5.41, 5.74) is 1.06. The number of methoxy groups -OCH3 is 1. The molecule has 4 heteroatoms. The highest BCUT2D eigenvalue weighted by Gasteiger charge is 2.01. The maximum absolute atomic E-state index is 5.65. The van der Waals surface area contributed by atoms with Crippen molar-refractivity contribution in [3.63, 3.8) is 0 Å². The fraction of sp³-hybridized carbons (Fsp3) is 0.294. The van der Waals surface area contributed by atoms with Gasteiger partial charge in [0, 0.05) is 16.5 Å². The molecule has 0 bridgehead atoms. The second-order valence-corrected chi connectivity index (χ2v) is 5.44. The molecular weight excluding hydrogens is 332 g/mol. The molecular formula is C17H19BrO3. The summed E-state index contributed by atoms with van der Waals surface area (Å²) in [7, 11) is 1.67. The minimum absolute atomic E-state index is 0.558. The van der Waals surface area contributed by atoms with Gasteiger partial charge in [-0.3, -0.25) is 0 Å². The average Bonchev–Trinajstić information content (AvgIpc) is 2.53. The van der Waals surface area contributed by atoms with Crippen molar-refractivity contribution < 1.29 is 14.2 Å². The van der Waals surface area contributed by atoms with Crippen LogP contribution in [-0.2, 0) is 11.3 Å².